The Labute approximate surface area is 155 Å². The maximum absolute atomic E-state index is 12.6. The first-order valence-corrected chi connectivity index (χ1v) is 9.65. The molecule has 7 nitrogen and oxygen atoms in total. The van der Waals surface area contributed by atoms with Gasteiger partial charge >= 0.3 is 12.1 Å². The molecule has 152 valence electrons. The van der Waals surface area contributed by atoms with E-state index in [9.17, 15) is 31.5 Å². The molecular formula is C16H21F3N2O5S. The zero-order chi connectivity index (χ0) is 20.2. The number of nitrogens with one attached hydrogen (secondary N) is 1. The van der Waals surface area contributed by atoms with E-state index >= 15 is 0 Å². The molecule has 0 saturated carbocycles. The molecule has 1 saturated heterocycles. The number of ether oxygens (including phenoxy) is 1. The Kier molecular flexibility index (Phi) is 6.84. The van der Waals surface area contributed by atoms with Crippen molar-refractivity contribution in [3.05, 3.63) is 35.4 Å². The van der Waals surface area contributed by atoms with Crippen LogP contribution in [0.1, 0.15) is 30.0 Å². The third kappa shape index (κ3) is 5.41. The summed E-state index contributed by atoms with van der Waals surface area (Å²) in [5.41, 5.74) is -0.658. The van der Waals surface area contributed by atoms with Gasteiger partial charge in [-0.1, -0.05) is 12.1 Å². The summed E-state index contributed by atoms with van der Waals surface area (Å²) in [5, 5.41) is 9.49. The summed E-state index contributed by atoms with van der Waals surface area (Å²) in [5.74, 6) is -0.761. The summed E-state index contributed by atoms with van der Waals surface area (Å²) in [6.07, 6.45) is -3.90. The minimum absolute atomic E-state index is 0.0975. The van der Waals surface area contributed by atoms with E-state index in [1.807, 2.05) is 0 Å². The molecule has 1 heterocycles. The Morgan fingerprint density at radius 2 is 1.85 bits per heavy atom. The first-order valence-electron chi connectivity index (χ1n) is 8.21. The van der Waals surface area contributed by atoms with Gasteiger partial charge in [-0.25, -0.2) is 0 Å². The van der Waals surface area contributed by atoms with Crippen LogP contribution in [0.5, 0.6) is 0 Å². The molecule has 2 rings (SSSR count). The van der Waals surface area contributed by atoms with E-state index in [1.54, 1.807) is 0 Å². The SMILES string of the molecule is COC(=O)C1CCN(S(=O)(=O)NC(CO)c2ccc(C(F)(F)F)cc2)CC1. The van der Waals surface area contributed by atoms with Crippen LogP contribution < -0.4 is 4.72 Å². The van der Waals surface area contributed by atoms with Gasteiger partial charge in [-0.3, -0.25) is 4.79 Å². The molecule has 1 aromatic rings. The molecular weight excluding hydrogens is 389 g/mol. The second kappa shape index (κ2) is 8.55. The van der Waals surface area contributed by atoms with Gasteiger partial charge < -0.3 is 9.84 Å². The number of hydrogen-bond acceptors (Lipinski definition) is 5. The van der Waals surface area contributed by atoms with Gasteiger partial charge in [-0.2, -0.15) is 30.6 Å². The van der Waals surface area contributed by atoms with Gasteiger partial charge in [-0.15, -0.1) is 0 Å². The molecule has 1 aliphatic heterocycles. The Hall–Kier alpha value is -1.69. The number of aliphatic hydroxyl groups is 1. The number of aliphatic hydroxyl groups excluding tert-OH is 1. The number of rotatable bonds is 6. The fourth-order valence-corrected chi connectivity index (χ4v) is 4.28. The third-order valence-corrected chi connectivity index (χ3v) is 6.07. The third-order valence-electron chi connectivity index (χ3n) is 4.44. The van der Waals surface area contributed by atoms with Crippen LogP contribution in [0.15, 0.2) is 24.3 Å². The Balaban J connectivity index is 2.05. The number of alkyl halides is 3. The van der Waals surface area contributed by atoms with Crippen LogP contribution in [0.3, 0.4) is 0 Å². The molecule has 1 atom stereocenters. The normalized spacial score (nSPS) is 18.3. The average Bonchev–Trinajstić information content (AvgIpc) is 2.65. The molecule has 1 unspecified atom stereocenters. The summed E-state index contributed by atoms with van der Waals surface area (Å²) in [6, 6.07) is 2.81. The van der Waals surface area contributed by atoms with Gasteiger partial charge in [0.15, 0.2) is 0 Å². The predicted octanol–water partition coefficient (Wildman–Crippen LogP) is 1.46. The van der Waals surface area contributed by atoms with Gasteiger partial charge in [0.1, 0.15) is 0 Å². The number of carbonyl (C=O) groups is 1. The lowest BCUT2D eigenvalue weighted by Crippen LogP contribution is -2.47. The van der Waals surface area contributed by atoms with Crippen molar-refractivity contribution in [1.29, 1.82) is 0 Å². The summed E-state index contributed by atoms with van der Waals surface area (Å²) < 4.78 is 71.0. The highest BCUT2D eigenvalue weighted by Crippen LogP contribution is 2.30. The van der Waals surface area contributed by atoms with Crippen LogP contribution in [0.4, 0.5) is 13.2 Å². The highest BCUT2D eigenvalue weighted by molar-refractivity contribution is 7.87. The van der Waals surface area contributed by atoms with Crippen LogP contribution in [0.2, 0.25) is 0 Å². The highest BCUT2D eigenvalue weighted by atomic mass is 32.2. The van der Waals surface area contributed by atoms with Crippen molar-refractivity contribution < 1.29 is 36.2 Å². The molecule has 27 heavy (non-hydrogen) atoms. The molecule has 0 radical (unpaired) electrons. The van der Waals surface area contributed by atoms with Crippen LogP contribution >= 0.6 is 0 Å². The molecule has 1 fully saturated rings. The summed E-state index contributed by atoms with van der Waals surface area (Å²) in [7, 11) is -2.72. The monoisotopic (exact) mass is 410 g/mol. The zero-order valence-corrected chi connectivity index (χ0v) is 15.4. The van der Waals surface area contributed by atoms with E-state index in [2.05, 4.69) is 9.46 Å². The number of esters is 1. The van der Waals surface area contributed by atoms with Crippen molar-refractivity contribution >= 4 is 16.2 Å². The van der Waals surface area contributed by atoms with E-state index in [1.165, 1.54) is 7.11 Å². The standard InChI is InChI=1S/C16H21F3N2O5S/c1-26-15(23)12-6-8-21(9-7-12)27(24,25)20-14(10-22)11-2-4-13(5-3-11)16(17,18)19/h2-5,12,14,20,22H,6-10H2,1H3. The molecule has 0 aromatic heterocycles. The summed E-state index contributed by atoms with van der Waals surface area (Å²) in [6.45, 7) is -0.427. The van der Waals surface area contributed by atoms with Crippen molar-refractivity contribution in [1.82, 2.24) is 9.03 Å². The topological polar surface area (TPSA) is 95.9 Å². The number of methoxy groups -OCH3 is 1. The molecule has 0 amide bonds. The molecule has 11 heteroatoms. The number of piperidine rings is 1. The lowest BCUT2D eigenvalue weighted by molar-refractivity contribution is -0.146. The van der Waals surface area contributed by atoms with Gasteiger partial charge in [0, 0.05) is 13.1 Å². The highest BCUT2D eigenvalue weighted by Gasteiger charge is 2.33. The fourth-order valence-electron chi connectivity index (χ4n) is 2.87. The van der Waals surface area contributed by atoms with Crippen molar-refractivity contribution in [3.8, 4) is 0 Å². The number of hydrogen-bond donors (Lipinski definition) is 2. The largest absolute Gasteiger partial charge is 0.469 e. The Morgan fingerprint density at radius 1 is 1.30 bits per heavy atom. The molecule has 1 aliphatic rings. The van der Waals surface area contributed by atoms with Gasteiger partial charge in [-0.05, 0) is 30.5 Å². The molecule has 0 bridgehead atoms. The first kappa shape index (κ1) is 21.6. The minimum Gasteiger partial charge on any atom is -0.469 e. The van der Waals surface area contributed by atoms with Crippen molar-refractivity contribution in [2.75, 3.05) is 26.8 Å². The van der Waals surface area contributed by atoms with E-state index < -0.39 is 40.6 Å². The van der Waals surface area contributed by atoms with Crippen LogP contribution in [-0.4, -0.2) is 50.6 Å². The number of halogens is 3. The zero-order valence-electron chi connectivity index (χ0n) is 14.6. The number of carbonyl (C=O) groups excluding carboxylic acids is 1. The average molecular weight is 410 g/mol. The smallest absolute Gasteiger partial charge is 0.416 e. The lowest BCUT2D eigenvalue weighted by atomic mass is 9.99. The van der Waals surface area contributed by atoms with Crippen molar-refractivity contribution in [2.24, 2.45) is 5.92 Å². The maximum atomic E-state index is 12.6. The van der Waals surface area contributed by atoms with Gasteiger partial charge in [0.25, 0.3) is 10.2 Å². The lowest BCUT2D eigenvalue weighted by Gasteiger charge is -2.31. The number of nitrogens with zero attached hydrogens (tertiary/aromatic N) is 1. The quantitative estimate of drug-likeness (QED) is 0.693. The second-order valence-corrected chi connectivity index (χ2v) is 7.88. The van der Waals surface area contributed by atoms with Crippen molar-refractivity contribution in [2.45, 2.75) is 25.1 Å². The second-order valence-electron chi connectivity index (χ2n) is 6.17. The summed E-state index contributed by atoms with van der Waals surface area (Å²) >= 11 is 0. The van der Waals surface area contributed by atoms with E-state index in [0.717, 1.165) is 28.6 Å². The Morgan fingerprint density at radius 3 is 2.30 bits per heavy atom. The van der Waals surface area contributed by atoms with Gasteiger partial charge in [0.05, 0.1) is 31.2 Å². The molecule has 0 spiro atoms. The summed E-state index contributed by atoms with van der Waals surface area (Å²) in [4.78, 5) is 11.5. The van der Waals surface area contributed by atoms with Crippen LogP contribution in [0, 0.1) is 5.92 Å². The van der Waals surface area contributed by atoms with Crippen molar-refractivity contribution in [3.63, 3.8) is 0 Å². The van der Waals surface area contributed by atoms with E-state index in [0.29, 0.717) is 12.8 Å². The predicted molar refractivity (Wildman–Crippen MR) is 89.6 cm³/mol. The van der Waals surface area contributed by atoms with Crippen LogP contribution in [-0.2, 0) is 25.9 Å². The molecule has 2 N–H and O–H groups in total. The Bertz CT molecular complexity index is 744. The molecule has 0 aliphatic carbocycles. The number of benzene rings is 1. The van der Waals surface area contributed by atoms with E-state index in [-0.39, 0.29) is 24.6 Å². The molecule has 1 aromatic carbocycles. The fraction of sp³-hybridized carbons (Fsp3) is 0.562. The van der Waals surface area contributed by atoms with E-state index in [4.69, 9.17) is 0 Å². The van der Waals surface area contributed by atoms with Crippen LogP contribution in [0.25, 0.3) is 0 Å². The van der Waals surface area contributed by atoms with Gasteiger partial charge in [0.2, 0.25) is 0 Å². The maximum Gasteiger partial charge on any atom is 0.416 e. The first-order chi connectivity index (χ1) is 12.6. The minimum atomic E-state index is -4.50.